The lowest BCUT2D eigenvalue weighted by Gasteiger charge is -1.92. The lowest BCUT2D eigenvalue weighted by atomic mass is 10.2. The zero-order valence-electron chi connectivity index (χ0n) is 8.14. The van der Waals surface area contributed by atoms with Gasteiger partial charge < -0.3 is 0 Å². The lowest BCUT2D eigenvalue weighted by Crippen LogP contribution is -1.80. The number of thiophene rings is 1. The Bertz CT molecular complexity index is 472. The van der Waals surface area contributed by atoms with E-state index in [9.17, 15) is 4.39 Å². The molecule has 0 radical (unpaired) electrons. The van der Waals surface area contributed by atoms with Gasteiger partial charge in [-0.3, -0.25) is 9.97 Å². The molecule has 0 aliphatic heterocycles. The number of hydrogen-bond donors (Lipinski definition) is 0. The van der Waals surface area contributed by atoms with Gasteiger partial charge in [-0.15, -0.1) is 11.3 Å². The number of nitrogens with zero attached hydrogens (tertiary/aromatic N) is 2. The monoisotopic (exact) mass is 220 g/mol. The van der Waals surface area contributed by atoms with Crippen molar-refractivity contribution in [3.63, 3.8) is 0 Å². The van der Waals surface area contributed by atoms with Crippen LogP contribution in [-0.2, 0) is 0 Å². The Morgan fingerprint density at radius 3 is 3.00 bits per heavy atom. The Labute approximate surface area is 91.1 Å². The van der Waals surface area contributed by atoms with Gasteiger partial charge in [0.15, 0.2) is 0 Å². The molecule has 2 nitrogen and oxygen atoms in total. The van der Waals surface area contributed by atoms with Gasteiger partial charge in [0.25, 0.3) is 0 Å². The molecule has 0 aliphatic carbocycles. The van der Waals surface area contributed by atoms with E-state index >= 15 is 0 Å². The number of aromatic nitrogens is 2. The minimum absolute atomic E-state index is 0.192. The molecule has 0 N–H and O–H groups in total. The van der Waals surface area contributed by atoms with Crippen LogP contribution < -0.4 is 0 Å². The Hall–Kier alpha value is -1.55. The summed E-state index contributed by atoms with van der Waals surface area (Å²) in [5, 5.41) is 1.94. The largest absolute Gasteiger partial charge is 0.261 e. The maximum Gasteiger partial charge on any atom is 0.0982 e. The second-order valence-electron chi connectivity index (χ2n) is 3.06. The molecule has 0 spiro atoms. The molecule has 0 saturated heterocycles. The van der Waals surface area contributed by atoms with E-state index in [1.807, 2.05) is 11.4 Å². The summed E-state index contributed by atoms with van der Waals surface area (Å²) in [5.41, 5.74) is 1.78. The Morgan fingerprint density at radius 2 is 2.33 bits per heavy atom. The Balaban J connectivity index is 2.32. The predicted molar refractivity (Wildman–Crippen MR) is 60.1 cm³/mol. The van der Waals surface area contributed by atoms with Crippen LogP contribution in [0, 0.1) is 0 Å². The van der Waals surface area contributed by atoms with Crippen LogP contribution in [0.5, 0.6) is 0 Å². The molecule has 0 bridgehead atoms. The fraction of sp³-hybridized carbons (Fsp3) is 0.0909. The molecule has 0 atom stereocenters. The fourth-order valence-electron chi connectivity index (χ4n) is 1.21. The molecule has 0 aliphatic rings. The minimum atomic E-state index is -0.192. The number of hydrogen-bond acceptors (Lipinski definition) is 3. The van der Waals surface area contributed by atoms with Crippen molar-refractivity contribution in [2.24, 2.45) is 0 Å². The third-order valence-electron chi connectivity index (χ3n) is 1.82. The summed E-state index contributed by atoms with van der Waals surface area (Å²) >= 11 is 1.49. The van der Waals surface area contributed by atoms with E-state index in [0.717, 1.165) is 16.1 Å². The average molecular weight is 220 g/mol. The van der Waals surface area contributed by atoms with Crippen molar-refractivity contribution >= 4 is 17.4 Å². The number of allylic oxidation sites excluding steroid dienone is 1. The highest BCUT2D eigenvalue weighted by Crippen LogP contribution is 2.25. The van der Waals surface area contributed by atoms with E-state index in [0.29, 0.717) is 0 Å². The second kappa shape index (κ2) is 4.31. The highest BCUT2D eigenvalue weighted by molar-refractivity contribution is 7.11. The molecule has 4 heteroatoms. The summed E-state index contributed by atoms with van der Waals surface area (Å²) < 4.78 is 12.6. The molecule has 76 valence electrons. The van der Waals surface area contributed by atoms with Crippen molar-refractivity contribution in [3.05, 3.63) is 40.7 Å². The van der Waals surface area contributed by atoms with Crippen LogP contribution in [0.3, 0.4) is 0 Å². The molecular weight excluding hydrogens is 211 g/mol. The predicted octanol–water partition coefficient (Wildman–Crippen LogP) is 3.54. The standard InChI is InChI=1S/C11H9FN2S/c1-8(12)4-10-5-9(7-15-10)11-6-13-2-3-14-11/h2-7H,1H3/b8-4-. The van der Waals surface area contributed by atoms with E-state index < -0.39 is 0 Å². The van der Waals surface area contributed by atoms with E-state index in [1.54, 1.807) is 18.6 Å². The zero-order chi connectivity index (χ0) is 10.7. The van der Waals surface area contributed by atoms with Crippen LogP contribution >= 0.6 is 11.3 Å². The molecule has 2 heterocycles. The molecular formula is C11H9FN2S. The van der Waals surface area contributed by atoms with Gasteiger partial charge in [0.05, 0.1) is 17.7 Å². The van der Waals surface area contributed by atoms with Crippen molar-refractivity contribution in [2.75, 3.05) is 0 Å². The molecule has 0 fully saturated rings. The highest BCUT2D eigenvalue weighted by Gasteiger charge is 2.02. The minimum Gasteiger partial charge on any atom is -0.261 e. The van der Waals surface area contributed by atoms with Crippen molar-refractivity contribution in [3.8, 4) is 11.3 Å². The maximum atomic E-state index is 12.6. The number of halogens is 1. The first kappa shape index (κ1) is 9.98. The molecule has 0 saturated carbocycles. The summed E-state index contributed by atoms with van der Waals surface area (Å²) in [6.45, 7) is 1.43. The van der Waals surface area contributed by atoms with Crippen molar-refractivity contribution in [1.29, 1.82) is 0 Å². The molecule has 2 aromatic rings. The smallest absolute Gasteiger partial charge is 0.0982 e. The quantitative estimate of drug-likeness (QED) is 0.773. The van der Waals surface area contributed by atoms with Gasteiger partial charge in [0, 0.05) is 28.2 Å². The van der Waals surface area contributed by atoms with Gasteiger partial charge in [-0.05, 0) is 19.1 Å². The van der Waals surface area contributed by atoms with Crippen molar-refractivity contribution in [1.82, 2.24) is 9.97 Å². The summed E-state index contributed by atoms with van der Waals surface area (Å²) in [7, 11) is 0. The molecule has 2 rings (SSSR count). The SMILES string of the molecule is C/C(F)=C/c1cc(-c2cnccn2)cs1. The molecule has 2 aromatic heterocycles. The zero-order valence-corrected chi connectivity index (χ0v) is 8.96. The van der Waals surface area contributed by atoms with Crippen LogP contribution in [0.25, 0.3) is 17.3 Å². The van der Waals surface area contributed by atoms with Crippen LogP contribution in [-0.4, -0.2) is 9.97 Å². The van der Waals surface area contributed by atoms with Gasteiger partial charge in [-0.2, -0.15) is 0 Å². The van der Waals surface area contributed by atoms with Crippen LogP contribution in [0.1, 0.15) is 11.8 Å². The van der Waals surface area contributed by atoms with Crippen LogP contribution in [0.2, 0.25) is 0 Å². The van der Waals surface area contributed by atoms with Crippen molar-refractivity contribution < 1.29 is 4.39 Å². The topological polar surface area (TPSA) is 25.8 Å². The van der Waals surface area contributed by atoms with Crippen LogP contribution in [0.4, 0.5) is 4.39 Å². The van der Waals surface area contributed by atoms with Gasteiger partial charge in [-0.1, -0.05) is 0 Å². The first-order chi connectivity index (χ1) is 7.25. The third kappa shape index (κ3) is 2.47. The second-order valence-corrected chi connectivity index (χ2v) is 4.00. The van der Waals surface area contributed by atoms with E-state index in [4.69, 9.17) is 0 Å². The summed E-state index contributed by atoms with van der Waals surface area (Å²) in [6.07, 6.45) is 6.47. The third-order valence-corrected chi connectivity index (χ3v) is 2.70. The molecule has 0 amide bonds. The maximum absolute atomic E-state index is 12.6. The highest BCUT2D eigenvalue weighted by atomic mass is 32.1. The fourth-order valence-corrected chi connectivity index (χ4v) is 2.08. The first-order valence-corrected chi connectivity index (χ1v) is 5.32. The number of rotatable bonds is 2. The summed E-state index contributed by atoms with van der Waals surface area (Å²) in [4.78, 5) is 9.04. The van der Waals surface area contributed by atoms with Crippen molar-refractivity contribution in [2.45, 2.75) is 6.92 Å². The van der Waals surface area contributed by atoms with Gasteiger partial charge in [0.2, 0.25) is 0 Å². The lowest BCUT2D eigenvalue weighted by molar-refractivity contribution is 0.648. The van der Waals surface area contributed by atoms with E-state index in [2.05, 4.69) is 9.97 Å². The normalized spacial score (nSPS) is 11.7. The first-order valence-electron chi connectivity index (χ1n) is 4.44. The van der Waals surface area contributed by atoms with Gasteiger partial charge >= 0.3 is 0 Å². The molecule has 0 unspecified atom stereocenters. The molecule has 0 aromatic carbocycles. The van der Waals surface area contributed by atoms with E-state index in [1.165, 1.54) is 24.3 Å². The van der Waals surface area contributed by atoms with Gasteiger partial charge in [-0.25, -0.2) is 4.39 Å². The van der Waals surface area contributed by atoms with Gasteiger partial charge in [0.1, 0.15) is 0 Å². The average Bonchev–Trinajstić information content (AvgIpc) is 2.67. The Kier molecular flexibility index (Phi) is 2.87. The summed E-state index contributed by atoms with van der Waals surface area (Å²) in [5.74, 6) is -0.192. The van der Waals surface area contributed by atoms with Crippen LogP contribution in [0.15, 0.2) is 35.9 Å². The summed E-state index contributed by atoms with van der Waals surface area (Å²) in [6, 6.07) is 1.90. The van der Waals surface area contributed by atoms with E-state index in [-0.39, 0.29) is 5.83 Å². The molecule has 15 heavy (non-hydrogen) atoms. The Morgan fingerprint density at radius 1 is 1.47 bits per heavy atom.